The van der Waals surface area contributed by atoms with Gasteiger partial charge in [-0.3, -0.25) is 19.3 Å². The number of thioether (sulfide) groups is 1. The summed E-state index contributed by atoms with van der Waals surface area (Å²) in [6, 6.07) is 5.09. The summed E-state index contributed by atoms with van der Waals surface area (Å²) in [5.74, 6) is -2.15. The Kier molecular flexibility index (Phi) is 4.97. The molecule has 26 heavy (non-hydrogen) atoms. The van der Waals surface area contributed by atoms with E-state index in [1.165, 1.54) is 30.4 Å². The van der Waals surface area contributed by atoms with E-state index in [4.69, 9.17) is 0 Å². The summed E-state index contributed by atoms with van der Waals surface area (Å²) in [5, 5.41) is 2.79. The molecule has 3 amide bonds. The number of nitrogens with one attached hydrogen (secondary N) is 1. The molecule has 0 aromatic heterocycles. The Morgan fingerprint density at radius 2 is 2.08 bits per heavy atom. The van der Waals surface area contributed by atoms with Gasteiger partial charge in [0.05, 0.1) is 16.7 Å². The van der Waals surface area contributed by atoms with Crippen LogP contribution in [0.4, 0.5) is 9.18 Å². The normalized spacial score (nSPS) is 23.0. The van der Waals surface area contributed by atoms with Crippen molar-refractivity contribution < 1.29 is 27.2 Å². The number of carbonyl (C=O) groups is 3. The fourth-order valence-electron chi connectivity index (χ4n) is 2.43. The number of sulfone groups is 1. The van der Waals surface area contributed by atoms with Gasteiger partial charge in [0.25, 0.3) is 11.1 Å². The van der Waals surface area contributed by atoms with Crippen molar-refractivity contribution in [1.29, 1.82) is 0 Å². The molecule has 2 heterocycles. The van der Waals surface area contributed by atoms with Crippen LogP contribution in [0.15, 0.2) is 40.7 Å². The summed E-state index contributed by atoms with van der Waals surface area (Å²) in [4.78, 5) is 37.0. The van der Waals surface area contributed by atoms with Crippen molar-refractivity contribution in [3.8, 4) is 0 Å². The molecule has 1 aromatic carbocycles. The lowest BCUT2D eigenvalue weighted by molar-refractivity contribution is -0.129. The van der Waals surface area contributed by atoms with Gasteiger partial charge in [-0.1, -0.05) is 18.2 Å². The number of hydrogen-bond acceptors (Lipinski definition) is 6. The minimum atomic E-state index is -3.33. The molecule has 136 valence electrons. The van der Waals surface area contributed by atoms with Gasteiger partial charge in [-0.2, -0.15) is 0 Å². The van der Waals surface area contributed by atoms with E-state index >= 15 is 0 Å². The molecule has 2 aliphatic rings. The van der Waals surface area contributed by atoms with Crippen molar-refractivity contribution in [3.63, 3.8) is 0 Å². The molecule has 0 bridgehead atoms. The largest absolute Gasteiger partial charge is 0.347 e. The summed E-state index contributed by atoms with van der Waals surface area (Å²) < 4.78 is 36.3. The quantitative estimate of drug-likeness (QED) is 0.770. The molecule has 0 saturated carbocycles. The summed E-state index contributed by atoms with van der Waals surface area (Å²) in [5.41, 5.74) is 0.156. The van der Waals surface area contributed by atoms with Crippen LogP contribution in [0.25, 0.3) is 6.08 Å². The minimum absolute atomic E-state index is 0.0104. The van der Waals surface area contributed by atoms with Gasteiger partial charge < -0.3 is 5.32 Å². The van der Waals surface area contributed by atoms with E-state index in [1.54, 1.807) is 6.07 Å². The summed E-state index contributed by atoms with van der Waals surface area (Å²) in [7, 11) is -3.33. The average molecular weight is 396 g/mol. The zero-order valence-electron chi connectivity index (χ0n) is 13.2. The van der Waals surface area contributed by atoms with E-state index < -0.39 is 45.3 Å². The molecule has 0 radical (unpaired) electrons. The Morgan fingerprint density at radius 3 is 2.73 bits per heavy atom. The van der Waals surface area contributed by atoms with Gasteiger partial charge in [-0.15, -0.1) is 0 Å². The molecule has 2 aliphatic heterocycles. The SMILES string of the molecule is O=C(CN1C(=O)S/C(=C\c2ccccc2F)C1=O)N[C@@H]1C=CS(=O)(=O)C1. The van der Waals surface area contributed by atoms with E-state index in [9.17, 15) is 27.2 Å². The van der Waals surface area contributed by atoms with Crippen LogP contribution in [-0.2, 0) is 19.4 Å². The first kappa shape index (κ1) is 18.3. The van der Waals surface area contributed by atoms with Gasteiger partial charge >= 0.3 is 0 Å². The Labute approximate surface area is 152 Å². The van der Waals surface area contributed by atoms with Crippen molar-refractivity contribution in [2.45, 2.75) is 6.04 Å². The van der Waals surface area contributed by atoms with Crippen LogP contribution < -0.4 is 5.32 Å². The highest BCUT2D eigenvalue weighted by Crippen LogP contribution is 2.32. The van der Waals surface area contributed by atoms with Crippen molar-refractivity contribution in [2.24, 2.45) is 0 Å². The van der Waals surface area contributed by atoms with Crippen LogP contribution in [0.2, 0.25) is 0 Å². The molecule has 1 N–H and O–H groups in total. The van der Waals surface area contributed by atoms with Gasteiger partial charge in [0, 0.05) is 11.0 Å². The van der Waals surface area contributed by atoms with Crippen molar-refractivity contribution in [2.75, 3.05) is 12.3 Å². The molecule has 1 fully saturated rings. The zero-order valence-corrected chi connectivity index (χ0v) is 14.8. The van der Waals surface area contributed by atoms with E-state index in [-0.39, 0.29) is 16.2 Å². The number of amides is 3. The first-order chi connectivity index (χ1) is 12.2. The average Bonchev–Trinajstić information content (AvgIpc) is 3.03. The predicted octanol–water partition coefficient (Wildman–Crippen LogP) is 1.29. The minimum Gasteiger partial charge on any atom is -0.347 e. The lowest BCUT2D eigenvalue weighted by atomic mass is 10.2. The Morgan fingerprint density at radius 1 is 1.35 bits per heavy atom. The first-order valence-corrected chi connectivity index (χ1v) is 9.98. The topological polar surface area (TPSA) is 101 Å². The van der Waals surface area contributed by atoms with Crippen molar-refractivity contribution in [3.05, 3.63) is 52.0 Å². The Bertz CT molecular complexity index is 955. The molecule has 0 aliphatic carbocycles. The first-order valence-electron chi connectivity index (χ1n) is 7.45. The van der Waals surface area contributed by atoms with Crippen LogP contribution in [0, 0.1) is 5.82 Å². The smallest absolute Gasteiger partial charge is 0.294 e. The van der Waals surface area contributed by atoms with Crippen LogP contribution in [0.5, 0.6) is 0 Å². The number of halogens is 1. The van der Waals surface area contributed by atoms with E-state index in [0.717, 1.165) is 10.3 Å². The summed E-state index contributed by atoms with van der Waals surface area (Å²) in [6.07, 6.45) is 2.59. The fourth-order valence-corrected chi connectivity index (χ4v) is 4.50. The summed E-state index contributed by atoms with van der Waals surface area (Å²) in [6.45, 7) is -0.538. The fraction of sp³-hybridized carbons (Fsp3) is 0.188. The molecule has 1 atom stereocenters. The lowest BCUT2D eigenvalue weighted by Crippen LogP contribution is -2.43. The second-order valence-corrected chi connectivity index (χ2v) is 8.55. The molecule has 7 nitrogen and oxygen atoms in total. The van der Waals surface area contributed by atoms with Crippen LogP contribution >= 0.6 is 11.8 Å². The molecular formula is C16H13FN2O5S2. The highest BCUT2D eigenvalue weighted by atomic mass is 32.2. The van der Waals surface area contributed by atoms with Crippen molar-refractivity contribution >= 4 is 44.7 Å². The van der Waals surface area contributed by atoms with Crippen LogP contribution in [-0.4, -0.2) is 48.7 Å². The third kappa shape index (κ3) is 4.02. The third-order valence-electron chi connectivity index (χ3n) is 3.64. The maximum atomic E-state index is 13.7. The molecule has 10 heteroatoms. The maximum Gasteiger partial charge on any atom is 0.294 e. The second-order valence-electron chi connectivity index (χ2n) is 5.62. The van der Waals surface area contributed by atoms with Gasteiger partial charge in [-0.25, -0.2) is 12.8 Å². The molecule has 3 rings (SSSR count). The molecule has 1 saturated heterocycles. The van der Waals surface area contributed by atoms with Gasteiger partial charge in [0.15, 0.2) is 9.84 Å². The van der Waals surface area contributed by atoms with E-state index in [0.29, 0.717) is 11.8 Å². The van der Waals surface area contributed by atoms with Gasteiger partial charge in [-0.05, 0) is 30.0 Å². The predicted molar refractivity (Wildman–Crippen MR) is 93.9 cm³/mol. The van der Waals surface area contributed by atoms with E-state index in [2.05, 4.69) is 5.32 Å². The second kappa shape index (κ2) is 7.04. The summed E-state index contributed by atoms with van der Waals surface area (Å²) >= 11 is 0.612. The molecular weight excluding hydrogens is 383 g/mol. The van der Waals surface area contributed by atoms with Crippen LogP contribution in [0.3, 0.4) is 0 Å². The van der Waals surface area contributed by atoms with Gasteiger partial charge in [0.2, 0.25) is 5.91 Å². The number of imide groups is 1. The highest BCUT2D eigenvalue weighted by Gasteiger charge is 2.37. The van der Waals surface area contributed by atoms with Crippen LogP contribution in [0.1, 0.15) is 5.56 Å². The number of benzene rings is 1. The van der Waals surface area contributed by atoms with E-state index in [1.807, 2.05) is 0 Å². The Hall–Kier alpha value is -2.46. The number of nitrogens with zero attached hydrogens (tertiary/aromatic N) is 1. The zero-order chi connectivity index (χ0) is 18.9. The lowest BCUT2D eigenvalue weighted by Gasteiger charge is -2.14. The Balaban J connectivity index is 1.67. The van der Waals surface area contributed by atoms with Gasteiger partial charge in [0.1, 0.15) is 12.4 Å². The monoisotopic (exact) mass is 396 g/mol. The molecule has 0 spiro atoms. The standard InChI is InChI=1S/C16H13FN2O5S2/c17-12-4-2-1-3-10(12)7-13-15(21)19(16(22)25-13)8-14(20)18-11-5-6-26(23,24)9-11/h1-7,11H,8-9H2,(H,18,20)/b13-7-/t11-/m1/s1. The number of carbonyl (C=O) groups excluding carboxylic acids is 3. The highest BCUT2D eigenvalue weighted by molar-refractivity contribution is 8.18. The molecule has 0 unspecified atom stereocenters. The maximum absolute atomic E-state index is 13.7. The number of rotatable bonds is 4. The molecule has 1 aromatic rings. The number of hydrogen-bond donors (Lipinski definition) is 1. The van der Waals surface area contributed by atoms with Crippen molar-refractivity contribution in [1.82, 2.24) is 10.2 Å². The third-order valence-corrected chi connectivity index (χ3v) is 5.95.